The van der Waals surface area contributed by atoms with Gasteiger partial charge in [-0.3, -0.25) is 4.79 Å². The van der Waals surface area contributed by atoms with Crippen LogP contribution in [0.4, 0.5) is 5.69 Å². The van der Waals surface area contributed by atoms with Crippen molar-refractivity contribution in [2.24, 2.45) is 7.05 Å². The van der Waals surface area contributed by atoms with Gasteiger partial charge in [0.2, 0.25) is 0 Å². The number of nitrogens with one attached hydrogen (secondary N) is 1. The van der Waals surface area contributed by atoms with E-state index >= 15 is 0 Å². The van der Waals surface area contributed by atoms with Gasteiger partial charge in [0, 0.05) is 26.2 Å². The van der Waals surface area contributed by atoms with Crippen molar-refractivity contribution in [1.29, 1.82) is 0 Å². The summed E-state index contributed by atoms with van der Waals surface area (Å²) < 4.78 is 1.26. The van der Waals surface area contributed by atoms with Crippen LogP contribution in [0.3, 0.4) is 0 Å². The van der Waals surface area contributed by atoms with Crippen LogP contribution in [0.1, 0.15) is 12.8 Å². The molecule has 94 valence electrons. The molecule has 0 spiro atoms. The minimum atomic E-state index is -0.236. The minimum Gasteiger partial charge on any atom is -0.369 e. The molecule has 0 saturated carbocycles. The van der Waals surface area contributed by atoms with Crippen LogP contribution >= 0.6 is 11.6 Å². The molecule has 0 atom stereocenters. The maximum atomic E-state index is 11.7. The first-order chi connectivity index (χ1) is 8.13. The summed E-state index contributed by atoms with van der Waals surface area (Å²) in [6.07, 6.45) is 3.79. The molecule has 0 aliphatic carbocycles. The Morgan fingerprint density at radius 1 is 1.47 bits per heavy atom. The fourth-order valence-corrected chi connectivity index (χ4v) is 2.42. The Morgan fingerprint density at radius 3 is 2.71 bits per heavy atom. The predicted octanol–water partition coefficient (Wildman–Crippen LogP) is 0.622. The van der Waals surface area contributed by atoms with Gasteiger partial charge >= 0.3 is 0 Å². The van der Waals surface area contributed by atoms with Gasteiger partial charge in [-0.05, 0) is 19.9 Å². The van der Waals surface area contributed by atoms with Crippen molar-refractivity contribution in [3.63, 3.8) is 0 Å². The number of anilines is 1. The summed E-state index contributed by atoms with van der Waals surface area (Å²) in [7, 11) is 3.58. The summed E-state index contributed by atoms with van der Waals surface area (Å²) in [6, 6.07) is 0.560. The van der Waals surface area contributed by atoms with Crippen LogP contribution in [0.5, 0.6) is 0 Å². The lowest BCUT2D eigenvalue weighted by Crippen LogP contribution is -2.42. The molecule has 0 bridgehead atoms. The van der Waals surface area contributed by atoms with Gasteiger partial charge in [-0.15, -0.1) is 0 Å². The molecule has 1 N–H and O–H groups in total. The second-order valence-electron chi connectivity index (χ2n) is 4.32. The lowest BCUT2D eigenvalue weighted by Gasteiger charge is -2.33. The largest absolute Gasteiger partial charge is 0.369 e. The van der Waals surface area contributed by atoms with E-state index in [2.05, 4.69) is 15.3 Å². The number of halogens is 1. The summed E-state index contributed by atoms with van der Waals surface area (Å²) in [5.41, 5.74) is 0.518. The van der Waals surface area contributed by atoms with Crippen molar-refractivity contribution < 1.29 is 0 Å². The molecule has 1 aromatic heterocycles. The lowest BCUT2D eigenvalue weighted by atomic mass is 10.1. The molecule has 0 aromatic carbocycles. The Kier molecular flexibility index (Phi) is 3.69. The molecule has 17 heavy (non-hydrogen) atoms. The number of rotatable bonds is 2. The van der Waals surface area contributed by atoms with Crippen LogP contribution in [-0.2, 0) is 7.05 Å². The first-order valence-corrected chi connectivity index (χ1v) is 6.15. The highest BCUT2D eigenvalue weighted by atomic mass is 35.5. The van der Waals surface area contributed by atoms with E-state index in [0.29, 0.717) is 6.04 Å². The van der Waals surface area contributed by atoms with Gasteiger partial charge in [-0.2, -0.15) is 5.10 Å². The zero-order chi connectivity index (χ0) is 12.4. The zero-order valence-corrected chi connectivity index (χ0v) is 10.9. The first-order valence-electron chi connectivity index (χ1n) is 5.77. The highest BCUT2D eigenvalue weighted by Crippen LogP contribution is 2.24. The minimum absolute atomic E-state index is 0.236. The molecule has 0 unspecified atom stereocenters. The van der Waals surface area contributed by atoms with E-state index in [9.17, 15) is 4.79 Å². The Labute approximate surface area is 105 Å². The predicted molar refractivity (Wildman–Crippen MR) is 68.8 cm³/mol. The van der Waals surface area contributed by atoms with Gasteiger partial charge in [0.25, 0.3) is 5.56 Å². The van der Waals surface area contributed by atoms with E-state index in [0.717, 1.165) is 31.6 Å². The highest BCUT2D eigenvalue weighted by molar-refractivity contribution is 6.33. The molecule has 1 fully saturated rings. The molecule has 1 aliphatic heterocycles. The van der Waals surface area contributed by atoms with E-state index in [4.69, 9.17) is 11.6 Å². The molecule has 1 aliphatic rings. The summed E-state index contributed by atoms with van der Waals surface area (Å²) in [5, 5.41) is 7.56. The monoisotopic (exact) mass is 256 g/mol. The van der Waals surface area contributed by atoms with Gasteiger partial charge in [0.15, 0.2) is 0 Å². The smallest absolute Gasteiger partial charge is 0.287 e. The topological polar surface area (TPSA) is 50.2 Å². The van der Waals surface area contributed by atoms with Gasteiger partial charge in [-0.1, -0.05) is 11.6 Å². The number of hydrogen-bond donors (Lipinski definition) is 1. The average Bonchev–Trinajstić information content (AvgIpc) is 2.36. The lowest BCUT2D eigenvalue weighted by molar-refractivity contribution is 0.442. The number of piperidine rings is 1. The maximum Gasteiger partial charge on any atom is 0.287 e. The summed E-state index contributed by atoms with van der Waals surface area (Å²) in [6.45, 7) is 1.81. The van der Waals surface area contributed by atoms with E-state index < -0.39 is 0 Å². The number of nitrogens with zero attached hydrogens (tertiary/aromatic N) is 3. The summed E-state index contributed by atoms with van der Waals surface area (Å²) in [5.74, 6) is 0. The second kappa shape index (κ2) is 5.06. The molecular formula is C11H17ClN4O. The molecule has 1 aromatic rings. The molecule has 2 rings (SSSR count). The van der Waals surface area contributed by atoms with E-state index in [1.807, 2.05) is 7.05 Å². The maximum absolute atomic E-state index is 11.7. The van der Waals surface area contributed by atoms with Crippen LogP contribution in [-0.4, -0.2) is 36.0 Å². The highest BCUT2D eigenvalue weighted by Gasteiger charge is 2.21. The van der Waals surface area contributed by atoms with Crippen LogP contribution in [0.2, 0.25) is 5.02 Å². The third-order valence-electron chi connectivity index (χ3n) is 3.30. The third-order valence-corrected chi connectivity index (χ3v) is 3.66. The Bertz CT molecular complexity index is 451. The van der Waals surface area contributed by atoms with Crippen LogP contribution in [0, 0.1) is 0 Å². The Morgan fingerprint density at radius 2 is 2.12 bits per heavy atom. The molecule has 0 radical (unpaired) electrons. The van der Waals surface area contributed by atoms with E-state index in [1.54, 1.807) is 13.2 Å². The number of hydrogen-bond acceptors (Lipinski definition) is 4. The van der Waals surface area contributed by atoms with Gasteiger partial charge in [0.1, 0.15) is 5.02 Å². The van der Waals surface area contributed by atoms with Crippen molar-refractivity contribution >= 4 is 17.3 Å². The van der Waals surface area contributed by atoms with Crippen LogP contribution in [0.15, 0.2) is 11.0 Å². The molecule has 6 heteroatoms. The fraction of sp³-hybridized carbons (Fsp3) is 0.636. The summed E-state index contributed by atoms with van der Waals surface area (Å²) in [4.78, 5) is 13.8. The zero-order valence-electron chi connectivity index (χ0n) is 10.1. The summed E-state index contributed by atoms with van der Waals surface area (Å²) >= 11 is 6.07. The number of aromatic nitrogens is 2. The van der Waals surface area contributed by atoms with E-state index in [-0.39, 0.29) is 10.6 Å². The standard InChI is InChI=1S/C11H17ClN4O/c1-13-8-3-5-16(6-4-8)9-7-14-15(2)11(17)10(9)12/h7-8,13H,3-6H2,1-2H3. The van der Waals surface area contributed by atoms with Crippen LogP contribution in [0.25, 0.3) is 0 Å². The molecule has 5 nitrogen and oxygen atoms in total. The van der Waals surface area contributed by atoms with Crippen molar-refractivity contribution in [2.45, 2.75) is 18.9 Å². The first kappa shape index (κ1) is 12.4. The molecule has 1 saturated heterocycles. The van der Waals surface area contributed by atoms with Crippen molar-refractivity contribution in [2.75, 3.05) is 25.0 Å². The SMILES string of the molecule is CNC1CCN(c2cnn(C)c(=O)c2Cl)CC1. The van der Waals surface area contributed by atoms with Crippen LogP contribution < -0.4 is 15.8 Å². The quantitative estimate of drug-likeness (QED) is 0.843. The van der Waals surface area contributed by atoms with Crippen molar-refractivity contribution in [3.8, 4) is 0 Å². The van der Waals surface area contributed by atoms with Gasteiger partial charge in [0.05, 0.1) is 11.9 Å². The normalized spacial score (nSPS) is 17.5. The second-order valence-corrected chi connectivity index (χ2v) is 4.70. The van der Waals surface area contributed by atoms with Crippen molar-refractivity contribution in [3.05, 3.63) is 21.6 Å². The number of aryl methyl sites for hydroxylation is 1. The molecule has 0 amide bonds. The third kappa shape index (κ3) is 2.45. The van der Waals surface area contributed by atoms with Gasteiger partial charge in [-0.25, -0.2) is 4.68 Å². The Balaban J connectivity index is 2.19. The molecule has 2 heterocycles. The molecular weight excluding hydrogens is 240 g/mol. The van der Waals surface area contributed by atoms with Crippen molar-refractivity contribution in [1.82, 2.24) is 15.1 Å². The van der Waals surface area contributed by atoms with E-state index in [1.165, 1.54) is 4.68 Å². The fourth-order valence-electron chi connectivity index (χ4n) is 2.13. The Hall–Kier alpha value is -1.07. The van der Waals surface area contributed by atoms with Gasteiger partial charge < -0.3 is 10.2 Å². The average molecular weight is 257 g/mol.